The topological polar surface area (TPSA) is 99.4 Å². The van der Waals surface area contributed by atoms with Crippen molar-refractivity contribution in [1.29, 1.82) is 0 Å². The summed E-state index contributed by atoms with van der Waals surface area (Å²) < 4.78 is 32.7. The van der Waals surface area contributed by atoms with E-state index in [1.54, 1.807) is 19.2 Å². The maximum Gasteiger partial charge on any atom is 0.246 e. The van der Waals surface area contributed by atoms with Crippen molar-refractivity contribution in [2.75, 3.05) is 20.2 Å². The average Bonchev–Trinajstić information content (AvgIpc) is 3.22. The fourth-order valence-electron chi connectivity index (χ4n) is 2.72. The number of aromatic nitrogens is 2. The van der Waals surface area contributed by atoms with E-state index in [1.807, 2.05) is 13.8 Å². The van der Waals surface area contributed by atoms with Crippen LogP contribution in [0.2, 0.25) is 0 Å². The molecular weight excluding hydrogens is 330 g/mol. The van der Waals surface area contributed by atoms with Gasteiger partial charge in [-0.15, -0.1) is 0 Å². The van der Waals surface area contributed by atoms with Crippen LogP contribution in [-0.4, -0.2) is 48.2 Å². The van der Waals surface area contributed by atoms with Crippen molar-refractivity contribution in [1.82, 2.24) is 14.5 Å². The molecule has 0 bridgehead atoms. The van der Waals surface area contributed by atoms with Gasteiger partial charge in [0.1, 0.15) is 16.3 Å². The van der Waals surface area contributed by atoms with Crippen LogP contribution in [0.5, 0.6) is 0 Å². The van der Waals surface area contributed by atoms with Gasteiger partial charge in [0.2, 0.25) is 10.0 Å². The third-order valence-corrected chi connectivity index (χ3v) is 6.63. The minimum Gasteiger partial charge on any atom is -0.458 e. The molecule has 2 N–H and O–H groups in total. The highest BCUT2D eigenvalue weighted by molar-refractivity contribution is 7.89. The molecule has 0 aliphatic carbocycles. The molecule has 134 valence electrons. The van der Waals surface area contributed by atoms with E-state index in [2.05, 4.69) is 10.2 Å². The lowest BCUT2D eigenvalue weighted by Crippen LogP contribution is -2.40. The van der Waals surface area contributed by atoms with Crippen molar-refractivity contribution in [2.24, 2.45) is 5.41 Å². The Morgan fingerprint density at radius 3 is 2.54 bits per heavy atom. The lowest BCUT2D eigenvalue weighted by molar-refractivity contribution is 0.0971. The molecule has 0 spiro atoms. The summed E-state index contributed by atoms with van der Waals surface area (Å²) in [6.07, 6.45) is 2.97. The van der Waals surface area contributed by atoms with Crippen molar-refractivity contribution in [3.63, 3.8) is 0 Å². The molecule has 0 aliphatic heterocycles. The Bertz CT molecular complexity index is 753. The summed E-state index contributed by atoms with van der Waals surface area (Å²) in [6.45, 7) is 5.74. The summed E-state index contributed by atoms with van der Waals surface area (Å²) >= 11 is 0. The number of furan rings is 1. The van der Waals surface area contributed by atoms with Crippen molar-refractivity contribution in [3.8, 4) is 11.5 Å². The summed E-state index contributed by atoms with van der Waals surface area (Å²) in [5.41, 5.74) is 0.181. The Balaban J connectivity index is 2.33. The van der Waals surface area contributed by atoms with Crippen LogP contribution in [0.1, 0.15) is 32.4 Å². The lowest BCUT2D eigenvalue weighted by Gasteiger charge is -2.33. The van der Waals surface area contributed by atoms with E-state index in [-0.39, 0.29) is 18.0 Å². The van der Waals surface area contributed by atoms with Crippen molar-refractivity contribution < 1.29 is 17.9 Å². The van der Waals surface area contributed by atoms with Gasteiger partial charge in [0.25, 0.3) is 0 Å². The third-order valence-electron chi connectivity index (χ3n) is 4.72. The molecular formula is C16H25N3O4S. The number of aliphatic hydroxyl groups is 1. The Hall–Kier alpha value is -1.64. The fraction of sp³-hybridized carbons (Fsp3) is 0.562. The Morgan fingerprint density at radius 2 is 2.04 bits per heavy atom. The van der Waals surface area contributed by atoms with E-state index in [0.717, 1.165) is 0 Å². The zero-order valence-corrected chi connectivity index (χ0v) is 15.4. The van der Waals surface area contributed by atoms with E-state index in [1.165, 1.54) is 17.4 Å². The molecule has 0 aromatic carbocycles. The molecule has 0 aliphatic rings. The number of aryl methyl sites for hydroxylation is 1. The maximum absolute atomic E-state index is 12.9. The van der Waals surface area contributed by atoms with Crippen LogP contribution in [0, 0.1) is 12.3 Å². The minimum atomic E-state index is -3.71. The number of aliphatic hydroxyl groups excluding tert-OH is 1. The molecule has 0 saturated carbocycles. The van der Waals surface area contributed by atoms with Gasteiger partial charge in [-0.2, -0.15) is 5.10 Å². The van der Waals surface area contributed by atoms with Crippen LogP contribution in [0.25, 0.3) is 11.5 Å². The zero-order valence-electron chi connectivity index (χ0n) is 14.5. The quantitative estimate of drug-likeness (QED) is 0.757. The van der Waals surface area contributed by atoms with Gasteiger partial charge in [-0.25, -0.2) is 12.7 Å². The number of hydrogen-bond acceptors (Lipinski definition) is 5. The largest absolute Gasteiger partial charge is 0.458 e. The highest BCUT2D eigenvalue weighted by Gasteiger charge is 2.34. The number of aromatic amines is 1. The van der Waals surface area contributed by atoms with Crippen molar-refractivity contribution >= 4 is 10.0 Å². The lowest BCUT2D eigenvalue weighted by atomic mass is 9.83. The predicted molar refractivity (Wildman–Crippen MR) is 90.9 cm³/mol. The molecule has 2 aromatic rings. The van der Waals surface area contributed by atoms with Crippen LogP contribution in [0.4, 0.5) is 0 Å². The monoisotopic (exact) mass is 355 g/mol. The van der Waals surface area contributed by atoms with Crippen molar-refractivity contribution in [2.45, 2.75) is 38.5 Å². The average molecular weight is 355 g/mol. The van der Waals surface area contributed by atoms with Gasteiger partial charge in [0, 0.05) is 37.9 Å². The fourth-order valence-corrected chi connectivity index (χ4v) is 4.16. The SMILES string of the molecule is CCC(CC)(CO)CN(C)S(=O)(=O)c1cc(-c2ccn[nH]2)oc1C. The van der Waals surface area contributed by atoms with Gasteiger partial charge in [-0.05, 0) is 25.8 Å². The standard InChI is InChI=1S/C16H25N3O4S/c1-5-16(6-2,11-20)10-19(4)24(21,22)15-9-14(23-12(15)3)13-7-8-17-18-13/h7-9,20H,5-6,10-11H2,1-4H3,(H,17,18). The second kappa shape index (κ2) is 7.08. The molecule has 2 aromatic heterocycles. The molecule has 0 fully saturated rings. The van der Waals surface area contributed by atoms with Gasteiger partial charge in [0.15, 0.2) is 5.76 Å². The summed E-state index contributed by atoms with van der Waals surface area (Å²) in [7, 11) is -2.17. The number of nitrogens with zero attached hydrogens (tertiary/aromatic N) is 2. The maximum atomic E-state index is 12.9. The van der Waals surface area contributed by atoms with Crippen LogP contribution >= 0.6 is 0 Å². The molecule has 7 nitrogen and oxygen atoms in total. The summed E-state index contributed by atoms with van der Waals surface area (Å²) in [5, 5.41) is 16.3. The molecule has 0 radical (unpaired) electrons. The van der Waals surface area contributed by atoms with Gasteiger partial charge in [0.05, 0.1) is 0 Å². The van der Waals surface area contributed by atoms with Crippen LogP contribution in [-0.2, 0) is 10.0 Å². The third kappa shape index (κ3) is 3.40. The van der Waals surface area contributed by atoms with Crippen molar-refractivity contribution in [3.05, 3.63) is 24.1 Å². The van der Waals surface area contributed by atoms with Crippen LogP contribution in [0.3, 0.4) is 0 Å². The first kappa shape index (κ1) is 18.7. The van der Waals surface area contributed by atoms with Gasteiger partial charge in [-0.1, -0.05) is 13.8 Å². The first-order valence-corrected chi connectivity index (χ1v) is 9.41. The Labute approximate surface area is 142 Å². The smallest absolute Gasteiger partial charge is 0.246 e. The molecule has 8 heteroatoms. The normalized spacial score (nSPS) is 12.9. The van der Waals surface area contributed by atoms with Gasteiger partial charge < -0.3 is 9.52 Å². The van der Waals surface area contributed by atoms with E-state index >= 15 is 0 Å². The predicted octanol–water partition coefficient (Wildman–Crippen LogP) is 2.40. The molecule has 0 unspecified atom stereocenters. The van der Waals surface area contributed by atoms with Crippen LogP contribution in [0.15, 0.2) is 27.6 Å². The molecule has 0 amide bonds. The minimum absolute atomic E-state index is 0.0520. The first-order chi connectivity index (χ1) is 11.3. The number of H-pyrrole nitrogens is 1. The number of rotatable bonds is 8. The second-order valence-corrected chi connectivity index (χ2v) is 8.14. The number of nitrogens with one attached hydrogen (secondary N) is 1. The zero-order chi connectivity index (χ0) is 18.0. The van der Waals surface area contributed by atoms with E-state index < -0.39 is 15.4 Å². The molecule has 24 heavy (non-hydrogen) atoms. The molecule has 2 heterocycles. The summed E-state index contributed by atoms with van der Waals surface area (Å²) in [4.78, 5) is 0.133. The number of hydrogen-bond donors (Lipinski definition) is 2. The van der Waals surface area contributed by atoms with Gasteiger partial charge in [-0.3, -0.25) is 5.10 Å². The molecule has 2 rings (SSSR count). The first-order valence-electron chi connectivity index (χ1n) is 7.97. The molecule has 0 saturated heterocycles. The van der Waals surface area contributed by atoms with Crippen LogP contribution < -0.4 is 0 Å². The number of sulfonamides is 1. The van der Waals surface area contributed by atoms with Gasteiger partial charge >= 0.3 is 0 Å². The summed E-state index contributed by atoms with van der Waals surface area (Å²) in [6, 6.07) is 3.22. The second-order valence-electron chi connectivity index (χ2n) is 6.13. The Kier molecular flexibility index (Phi) is 5.52. The highest BCUT2D eigenvalue weighted by atomic mass is 32.2. The summed E-state index contributed by atoms with van der Waals surface area (Å²) in [5.74, 6) is 0.755. The molecule has 0 atom stereocenters. The van der Waals surface area contributed by atoms with E-state index in [4.69, 9.17) is 4.42 Å². The highest BCUT2D eigenvalue weighted by Crippen LogP contribution is 2.32. The van der Waals surface area contributed by atoms with E-state index in [9.17, 15) is 13.5 Å². The van der Waals surface area contributed by atoms with E-state index in [0.29, 0.717) is 30.1 Å². The Morgan fingerprint density at radius 1 is 1.38 bits per heavy atom.